The predicted octanol–water partition coefficient (Wildman–Crippen LogP) is 0.445. The molecule has 0 aliphatic carbocycles. The van der Waals surface area contributed by atoms with Crippen LogP contribution in [0.2, 0.25) is 0 Å². The summed E-state index contributed by atoms with van der Waals surface area (Å²) >= 11 is 4.89. The minimum absolute atomic E-state index is 0.0358. The Labute approximate surface area is 129 Å². The monoisotopic (exact) mass is 309 g/mol. The average Bonchev–Trinajstić information content (AvgIpc) is 2.47. The van der Waals surface area contributed by atoms with Gasteiger partial charge in [0.15, 0.2) is 0 Å². The molecule has 0 radical (unpaired) electrons. The zero-order valence-corrected chi connectivity index (χ0v) is 12.7. The zero-order valence-electron chi connectivity index (χ0n) is 11.9. The molecule has 114 valence electrons. The van der Waals surface area contributed by atoms with Gasteiger partial charge in [-0.3, -0.25) is 9.69 Å². The number of methoxy groups -OCH3 is 1. The lowest BCUT2D eigenvalue weighted by molar-refractivity contribution is 0.0651. The molecule has 6 nitrogen and oxygen atoms in total. The zero-order chi connectivity index (χ0) is 15.4. The number of hydrogen-bond donors (Lipinski definition) is 2. The molecular formula is C14H19N3O3S. The third-order valence-corrected chi connectivity index (χ3v) is 3.60. The van der Waals surface area contributed by atoms with Crippen molar-refractivity contribution < 1.29 is 14.6 Å². The van der Waals surface area contributed by atoms with Crippen LogP contribution in [0.1, 0.15) is 10.4 Å². The Morgan fingerprint density at radius 3 is 2.62 bits per heavy atom. The van der Waals surface area contributed by atoms with Crippen LogP contribution < -0.4 is 10.5 Å². The molecule has 1 fully saturated rings. The van der Waals surface area contributed by atoms with Crippen LogP contribution >= 0.6 is 12.2 Å². The molecule has 1 aromatic rings. The molecule has 0 bridgehead atoms. The van der Waals surface area contributed by atoms with Crippen molar-refractivity contribution in [3.05, 3.63) is 23.8 Å². The van der Waals surface area contributed by atoms with Crippen molar-refractivity contribution in [1.29, 1.82) is 0 Å². The molecule has 1 amide bonds. The molecule has 0 spiro atoms. The van der Waals surface area contributed by atoms with Crippen molar-refractivity contribution in [2.24, 2.45) is 5.73 Å². The van der Waals surface area contributed by atoms with Gasteiger partial charge in [0, 0.05) is 32.7 Å². The highest BCUT2D eigenvalue weighted by Gasteiger charge is 2.24. The number of nitrogens with two attached hydrogens (primary N) is 1. The highest BCUT2D eigenvalue weighted by atomic mass is 32.1. The molecule has 3 N–H and O–H groups in total. The number of ether oxygens (including phenoxy) is 1. The minimum Gasteiger partial charge on any atom is -0.507 e. The molecule has 21 heavy (non-hydrogen) atoms. The summed E-state index contributed by atoms with van der Waals surface area (Å²) in [4.78, 5) is 16.7. The number of phenolic OH excluding ortho intramolecular Hbond substituents is 1. The molecule has 1 aliphatic heterocycles. The summed E-state index contributed by atoms with van der Waals surface area (Å²) in [5.74, 6) is 0.316. The van der Waals surface area contributed by atoms with Crippen molar-refractivity contribution >= 4 is 23.1 Å². The Balaban J connectivity index is 2.03. The fourth-order valence-corrected chi connectivity index (χ4v) is 2.50. The van der Waals surface area contributed by atoms with Crippen LogP contribution in [0.3, 0.4) is 0 Å². The lowest BCUT2D eigenvalue weighted by Crippen LogP contribution is -2.50. The first kappa shape index (κ1) is 15.5. The van der Waals surface area contributed by atoms with E-state index in [1.54, 1.807) is 17.0 Å². The number of aromatic hydroxyl groups is 1. The second-order valence-corrected chi connectivity index (χ2v) is 5.44. The Morgan fingerprint density at radius 1 is 1.38 bits per heavy atom. The summed E-state index contributed by atoms with van der Waals surface area (Å²) in [5.41, 5.74) is 5.78. The summed E-state index contributed by atoms with van der Waals surface area (Å²) in [6.07, 6.45) is 0. The molecule has 0 saturated carbocycles. The number of thiocarbonyl (C=S) groups is 1. The number of piperazine rings is 1. The number of phenols is 1. The van der Waals surface area contributed by atoms with Gasteiger partial charge in [0.2, 0.25) is 0 Å². The number of nitrogens with zero attached hydrogens (tertiary/aromatic N) is 2. The van der Waals surface area contributed by atoms with E-state index >= 15 is 0 Å². The van der Waals surface area contributed by atoms with Gasteiger partial charge >= 0.3 is 0 Å². The van der Waals surface area contributed by atoms with E-state index in [0.29, 0.717) is 43.5 Å². The first-order valence-electron chi connectivity index (χ1n) is 6.68. The second-order valence-electron chi connectivity index (χ2n) is 4.92. The number of hydrogen-bond acceptors (Lipinski definition) is 5. The van der Waals surface area contributed by atoms with Crippen molar-refractivity contribution in [1.82, 2.24) is 9.80 Å². The standard InChI is InChI=1S/C14H19N3O3S/c1-20-10-2-3-12(18)11(8-10)14(19)17-6-4-16(5-7-17)9-13(15)21/h2-3,8,18H,4-7,9H2,1H3,(H2,15,21). The summed E-state index contributed by atoms with van der Waals surface area (Å²) < 4.78 is 5.09. The molecule has 1 aliphatic rings. The molecule has 1 saturated heterocycles. The molecule has 1 heterocycles. The van der Waals surface area contributed by atoms with Crippen LogP contribution in [0.4, 0.5) is 0 Å². The number of carbonyl (C=O) groups excluding carboxylic acids is 1. The topological polar surface area (TPSA) is 79.0 Å². The maximum absolute atomic E-state index is 12.5. The van der Waals surface area contributed by atoms with Crippen molar-refractivity contribution in [3.63, 3.8) is 0 Å². The van der Waals surface area contributed by atoms with Gasteiger partial charge in [-0.1, -0.05) is 12.2 Å². The molecular weight excluding hydrogens is 290 g/mol. The Kier molecular flexibility index (Phi) is 4.98. The van der Waals surface area contributed by atoms with Gasteiger partial charge in [0.1, 0.15) is 11.5 Å². The fraction of sp³-hybridized carbons (Fsp3) is 0.429. The van der Waals surface area contributed by atoms with Crippen LogP contribution in [0, 0.1) is 0 Å². The van der Waals surface area contributed by atoms with Crippen LogP contribution in [-0.4, -0.2) is 65.6 Å². The first-order chi connectivity index (χ1) is 10.0. The van der Waals surface area contributed by atoms with E-state index in [1.165, 1.54) is 13.2 Å². The predicted molar refractivity (Wildman–Crippen MR) is 83.8 cm³/mol. The first-order valence-corrected chi connectivity index (χ1v) is 7.09. The maximum Gasteiger partial charge on any atom is 0.257 e. The largest absolute Gasteiger partial charge is 0.507 e. The maximum atomic E-state index is 12.5. The summed E-state index contributed by atoms with van der Waals surface area (Å²) in [6, 6.07) is 4.64. The summed E-state index contributed by atoms with van der Waals surface area (Å²) in [6.45, 7) is 3.17. The number of carbonyl (C=O) groups is 1. The summed E-state index contributed by atoms with van der Waals surface area (Å²) in [5, 5.41) is 9.86. The van der Waals surface area contributed by atoms with E-state index in [9.17, 15) is 9.90 Å². The van der Waals surface area contributed by atoms with Crippen LogP contribution in [0.15, 0.2) is 18.2 Å². The average molecular weight is 309 g/mol. The lowest BCUT2D eigenvalue weighted by Gasteiger charge is -2.34. The van der Waals surface area contributed by atoms with E-state index in [-0.39, 0.29) is 17.2 Å². The van der Waals surface area contributed by atoms with Crippen molar-refractivity contribution in [2.45, 2.75) is 0 Å². The normalized spacial score (nSPS) is 15.8. The third-order valence-electron chi connectivity index (χ3n) is 3.47. The number of amides is 1. The molecule has 2 rings (SSSR count). The van der Waals surface area contributed by atoms with Gasteiger partial charge < -0.3 is 20.5 Å². The van der Waals surface area contributed by atoms with Crippen LogP contribution in [0.5, 0.6) is 11.5 Å². The van der Waals surface area contributed by atoms with E-state index in [0.717, 1.165) is 0 Å². The number of rotatable bonds is 4. The number of benzene rings is 1. The van der Waals surface area contributed by atoms with Crippen LogP contribution in [-0.2, 0) is 0 Å². The van der Waals surface area contributed by atoms with Gasteiger partial charge in [0.25, 0.3) is 5.91 Å². The van der Waals surface area contributed by atoms with Gasteiger partial charge in [0.05, 0.1) is 17.7 Å². The second kappa shape index (κ2) is 6.73. The quantitative estimate of drug-likeness (QED) is 0.786. The fourth-order valence-electron chi connectivity index (χ4n) is 2.31. The Morgan fingerprint density at radius 2 is 2.05 bits per heavy atom. The van der Waals surface area contributed by atoms with E-state index in [2.05, 4.69) is 4.90 Å². The van der Waals surface area contributed by atoms with Crippen LogP contribution in [0.25, 0.3) is 0 Å². The van der Waals surface area contributed by atoms with Gasteiger partial charge in [-0.05, 0) is 18.2 Å². The lowest BCUT2D eigenvalue weighted by atomic mass is 10.1. The van der Waals surface area contributed by atoms with Crippen molar-refractivity contribution in [2.75, 3.05) is 39.8 Å². The van der Waals surface area contributed by atoms with Gasteiger partial charge in [-0.15, -0.1) is 0 Å². The molecule has 0 atom stereocenters. The Bertz CT molecular complexity index is 542. The minimum atomic E-state index is -0.193. The van der Waals surface area contributed by atoms with Crippen molar-refractivity contribution in [3.8, 4) is 11.5 Å². The molecule has 7 heteroatoms. The molecule has 0 unspecified atom stereocenters. The van der Waals surface area contributed by atoms with Gasteiger partial charge in [-0.2, -0.15) is 0 Å². The van der Waals surface area contributed by atoms with E-state index in [1.807, 2.05) is 0 Å². The highest BCUT2D eigenvalue weighted by molar-refractivity contribution is 7.80. The smallest absolute Gasteiger partial charge is 0.257 e. The van der Waals surface area contributed by atoms with E-state index < -0.39 is 0 Å². The SMILES string of the molecule is COc1ccc(O)c(C(=O)N2CCN(CC(N)=S)CC2)c1. The summed E-state index contributed by atoms with van der Waals surface area (Å²) in [7, 11) is 1.52. The Hall–Kier alpha value is -1.86. The van der Waals surface area contributed by atoms with E-state index in [4.69, 9.17) is 22.7 Å². The molecule has 0 aromatic heterocycles. The highest BCUT2D eigenvalue weighted by Crippen LogP contribution is 2.24. The molecule has 1 aromatic carbocycles. The third kappa shape index (κ3) is 3.83. The van der Waals surface area contributed by atoms with Gasteiger partial charge in [-0.25, -0.2) is 0 Å².